The van der Waals surface area contributed by atoms with Crippen LogP contribution in [0.2, 0.25) is 0 Å². The lowest BCUT2D eigenvalue weighted by molar-refractivity contribution is -0.133. The Morgan fingerprint density at radius 1 is 1.00 bits per heavy atom. The van der Waals surface area contributed by atoms with Gasteiger partial charge in [0.1, 0.15) is 18.0 Å². The number of nitrogens with zero attached hydrogens (tertiary/aromatic N) is 3. The van der Waals surface area contributed by atoms with E-state index >= 15 is 0 Å². The van der Waals surface area contributed by atoms with E-state index in [0.717, 1.165) is 11.1 Å². The number of hydrazone groups is 1. The van der Waals surface area contributed by atoms with Gasteiger partial charge in [0.05, 0.1) is 40.2 Å². The van der Waals surface area contributed by atoms with Crippen LogP contribution in [0.15, 0.2) is 41.5 Å². The summed E-state index contributed by atoms with van der Waals surface area (Å²) >= 11 is 0. The summed E-state index contributed by atoms with van der Waals surface area (Å²) in [4.78, 5) is 27.2. The van der Waals surface area contributed by atoms with Gasteiger partial charge in [0, 0.05) is 31.1 Å². The smallest absolute Gasteiger partial charge is 0.317 e. The molecule has 0 spiro atoms. The van der Waals surface area contributed by atoms with Gasteiger partial charge in [-0.3, -0.25) is 4.79 Å². The van der Waals surface area contributed by atoms with E-state index in [1.54, 1.807) is 47.6 Å². The van der Waals surface area contributed by atoms with Crippen LogP contribution in [-0.2, 0) is 4.79 Å². The zero-order chi connectivity index (χ0) is 26.4. The highest BCUT2D eigenvalue weighted by molar-refractivity contribution is 6.05. The van der Waals surface area contributed by atoms with Crippen LogP contribution in [0.3, 0.4) is 0 Å². The predicted molar refractivity (Wildman–Crippen MR) is 136 cm³/mol. The monoisotopic (exact) mass is 498 g/mol. The lowest BCUT2D eigenvalue weighted by atomic mass is 9.97. The van der Waals surface area contributed by atoms with Gasteiger partial charge in [-0.1, -0.05) is 6.07 Å². The molecule has 3 rings (SSSR count). The van der Waals surface area contributed by atoms with E-state index in [0.29, 0.717) is 35.1 Å². The minimum absolute atomic E-state index is 0.0477. The summed E-state index contributed by atoms with van der Waals surface area (Å²) in [6.45, 7) is 3.58. The Bertz CT molecular complexity index is 1130. The second-order valence-electron chi connectivity index (χ2n) is 8.65. The van der Waals surface area contributed by atoms with E-state index in [2.05, 4.69) is 5.32 Å². The molecule has 1 aliphatic heterocycles. The van der Waals surface area contributed by atoms with Crippen LogP contribution in [0, 0.1) is 0 Å². The van der Waals surface area contributed by atoms with Crippen LogP contribution in [0.1, 0.15) is 37.4 Å². The number of ether oxygens (including phenoxy) is 4. The van der Waals surface area contributed by atoms with Crippen molar-refractivity contribution >= 4 is 17.6 Å². The number of likely N-dealkylation sites (N-methyl/N-ethyl adjacent to an activating group) is 1. The lowest BCUT2D eigenvalue weighted by Gasteiger charge is -2.26. The maximum atomic E-state index is 13.4. The molecule has 0 radical (unpaired) electrons. The predicted octanol–water partition coefficient (Wildman–Crippen LogP) is 3.45. The molecule has 0 aromatic heterocycles. The fourth-order valence-electron chi connectivity index (χ4n) is 3.96. The first kappa shape index (κ1) is 26.7. The van der Waals surface area contributed by atoms with Gasteiger partial charge in [-0.25, -0.2) is 9.80 Å². The van der Waals surface area contributed by atoms with E-state index < -0.39 is 6.04 Å². The number of hydrogen-bond acceptors (Lipinski definition) is 7. The molecule has 3 amide bonds. The molecular formula is C26H34N4O6. The van der Waals surface area contributed by atoms with Crippen LogP contribution in [0.4, 0.5) is 4.79 Å². The van der Waals surface area contributed by atoms with Gasteiger partial charge in [-0.2, -0.15) is 5.10 Å². The van der Waals surface area contributed by atoms with Crippen LogP contribution < -0.4 is 24.3 Å². The summed E-state index contributed by atoms with van der Waals surface area (Å²) in [5.41, 5.74) is 2.25. The number of methoxy groups -OCH3 is 4. The van der Waals surface area contributed by atoms with Crippen LogP contribution in [0.5, 0.6) is 23.0 Å². The molecule has 10 heteroatoms. The van der Waals surface area contributed by atoms with Crippen molar-refractivity contribution in [3.8, 4) is 23.0 Å². The molecule has 1 heterocycles. The molecule has 194 valence electrons. The number of nitrogens with one attached hydrogen (secondary N) is 1. The molecule has 1 atom stereocenters. The van der Waals surface area contributed by atoms with Gasteiger partial charge in [0.25, 0.3) is 5.91 Å². The molecule has 2 aromatic rings. The van der Waals surface area contributed by atoms with E-state index in [-0.39, 0.29) is 24.5 Å². The molecule has 0 fully saturated rings. The Labute approximate surface area is 211 Å². The van der Waals surface area contributed by atoms with Crippen molar-refractivity contribution in [1.82, 2.24) is 15.2 Å². The zero-order valence-corrected chi connectivity index (χ0v) is 21.8. The molecule has 1 unspecified atom stereocenters. The van der Waals surface area contributed by atoms with E-state index in [1.165, 1.54) is 9.91 Å². The van der Waals surface area contributed by atoms with E-state index in [9.17, 15) is 9.59 Å². The van der Waals surface area contributed by atoms with Gasteiger partial charge < -0.3 is 29.2 Å². The quantitative estimate of drug-likeness (QED) is 0.568. The van der Waals surface area contributed by atoms with E-state index in [4.69, 9.17) is 24.0 Å². The van der Waals surface area contributed by atoms with Gasteiger partial charge in [-0.15, -0.1) is 0 Å². The van der Waals surface area contributed by atoms with Crippen LogP contribution >= 0.6 is 0 Å². The SMILES string of the molecule is COc1ccc(C2=NN(C(=O)CN(C)C(=O)NC(C)C)C(c3ccc(OC)c(OC)c3)C2)c(OC)c1. The van der Waals surface area contributed by atoms with Gasteiger partial charge in [0.15, 0.2) is 11.5 Å². The van der Waals surface area contributed by atoms with Crippen molar-refractivity contribution in [2.75, 3.05) is 42.0 Å². The Balaban J connectivity index is 1.98. The second kappa shape index (κ2) is 11.7. The lowest BCUT2D eigenvalue weighted by Crippen LogP contribution is -2.45. The average Bonchev–Trinajstić information content (AvgIpc) is 3.32. The fraction of sp³-hybridized carbons (Fsp3) is 0.423. The number of carbonyl (C=O) groups is 2. The van der Waals surface area contributed by atoms with Crippen LogP contribution in [-0.4, -0.2) is 75.6 Å². The maximum Gasteiger partial charge on any atom is 0.317 e. The molecule has 0 aliphatic carbocycles. The number of amides is 3. The maximum absolute atomic E-state index is 13.4. The minimum atomic E-state index is -0.416. The molecular weight excluding hydrogens is 464 g/mol. The Morgan fingerprint density at radius 2 is 1.69 bits per heavy atom. The summed E-state index contributed by atoms with van der Waals surface area (Å²) in [5, 5.41) is 8.92. The zero-order valence-electron chi connectivity index (χ0n) is 21.8. The normalized spacial score (nSPS) is 14.8. The van der Waals surface area contributed by atoms with Crippen molar-refractivity contribution < 1.29 is 28.5 Å². The van der Waals surface area contributed by atoms with Crippen molar-refractivity contribution in [1.29, 1.82) is 0 Å². The third kappa shape index (κ3) is 5.81. The second-order valence-corrected chi connectivity index (χ2v) is 8.65. The molecule has 1 N–H and O–H groups in total. The molecule has 0 saturated carbocycles. The molecule has 2 aromatic carbocycles. The number of hydrogen-bond donors (Lipinski definition) is 1. The number of urea groups is 1. The average molecular weight is 499 g/mol. The highest BCUT2D eigenvalue weighted by Crippen LogP contribution is 2.39. The third-order valence-electron chi connectivity index (χ3n) is 5.81. The van der Waals surface area contributed by atoms with Crippen molar-refractivity contribution in [3.63, 3.8) is 0 Å². The first-order chi connectivity index (χ1) is 17.2. The standard InChI is InChI=1S/C26H34N4O6/c1-16(2)27-26(32)29(3)15-25(31)30-21(17-8-11-22(34-5)24(12-17)36-7)14-20(28-30)19-10-9-18(33-4)13-23(19)35-6/h8-13,16,21H,14-15H2,1-7H3,(H,27,32). The van der Waals surface area contributed by atoms with Gasteiger partial charge in [-0.05, 0) is 43.7 Å². The summed E-state index contributed by atoms with van der Waals surface area (Å²) in [6.07, 6.45) is 0.436. The fourth-order valence-corrected chi connectivity index (χ4v) is 3.96. The Hall–Kier alpha value is -3.95. The topological polar surface area (TPSA) is 102 Å². The summed E-state index contributed by atoms with van der Waals surface area (Å²) in [6, 6.07) is 10.2. The molecule has 0 saturated heterocycles. The molecule has 10 nitrogen and oxygen atoms in total. The molecule has 36 heavy (non-hydrogen) atoms. The summed E-state index contributed by atoms with van der Waals surface area (Å²) < 4.78 is 21.7. The van der Waals surface area contributed by atoms with Gasteiger partial charge in [0.2, 0.25) is 0 Å². The summed E-state index contributed by atoms with van der Waals surface area (Å²) in [7, 11) is 7.86. The third-order valence-corrected chi connectivity index (χ3v) is 5.81. The Kier molecular flexibility index (Phi) is 8.63. The first-order valence-electron chi connectivity index (χ1n) is 11.6. The highest BCUT2D eigenvalue weighted by Gasteiger charge is 2.35. The minimum Gasteiger partial charge on any atom is -0.497 e. The number of rotatable bonds is 9. The van der Waals surface area contributed by atoms with Crippen molar-refractivity contribution in [2.24, 2.45) is 5.10 Å². The van der Waals surface area contributed by atoms with Crippen molar-refractivity contribution in [2.45, 2.75) is 32.4 Å². The van der Waals surface area contributed by atoms with E-state index in [1.807, 2.05) is 38.1 Å². The first-order valence-corrected chi connectivity index (χ1v) is 11.6. The van der Waals surface area contributed by atoms with Crippen LogP contribution in [0.25, 0.3) is 0 Å². The molecule has 0 bridgehead atoms. The largest absolute Gasteiger partial charge is 0.497 e. The number of benzene rings is 2. The van der Waals surface area contributed by atoms with Gasteiger partial charge >= 0.3 is 6.03 Å². The number of carbonyl (C=O) groups excluding carboxylic acids is 2. The summed E-state index contributed by atoms with van der Waals surface area (Å²) in [5.74, 6) is 2.04. The van der Waals surface area contributed by atoms with Crippen molar-refractivity contribution in [3.05, 3.63) is 47.5 Å². The Morgan fingerprint density at radius 3 is 2.31 bits per heavy atom. The molecule has 1 aliphatic rings. The highest BCUT2D eigenvalue weighted by atomic mass is 16.5.